The highest BCUT2D eigenvalue weighted by molar-refractivity contribution is 5.78. The van der Waals surface area contributed by atoms with Crippen molar-refractivity contribution in [2.24, 2.45) is 0 Å². The minimum absolute atomic E-state index is 0.0236. The van der Waals surface area contributed by atoms with E-state index in [0.29, 0.717) is 29.2 Å². The second-order valence-electron chi connectivity index (χ2n) is 9.35. The molecule has 176 valence electrons. The number of ether oxygens (including phenoxy) is 1. The molecule has 1 aliphatic heterocycles. The molecule has 2 N–H and O–H groups in total. The second kappa shape index (κ2) is 9.15. The number of hydrogen-bond acceptors (Lipinski definition) is 7. The van der Waals surface area contributed by atoms with E-state index in [-0.39, 0.29) is 5.43 Å². The summed E-state index contributed by atoms with van der Waals surface area (Å²) in [6, 6.07) is 2.28. The topological polar surface area (TPSA) is 101 Å². The van der Waals surface area contributed by atoms with Crippen LogP contribution in [0.5, 0.6) is 0 Å². The zero-order valence-electron chi connectivity index (χ0n) is 19.2. The number of anilines is 1. The Labute approximate surface area is 197 Å². The Bertz CT molecular complexity index is 1320. The molecule has 34 heavy (non-hydrogen) atoms. The van der Waals surface area contributed by atoms with Crippen LogP contribution >= 0.6 is 0 Å². The Morgan fingerprint density at radius 2 is 2.09 bits per heavy atom. The second-order valence-corrected chi connectivity index (χ2v) is 9.35. The largest absolute Gasteiger partial charge is 0.380 e. The summed E-state index contributed by atoms with van der Waals surface area (Å²) in [5, 5.41) is 12.5. The lowest BCUT2D eigenvalue weighted by Crippen LogP contribution is -2.36. The maximum Gasteiger partial charge on any atom is 0.196 e. The Hall–Kier alpha value is -3.30. The van der Waals surface area contributed by atoms with Gasteiger partial charge in [-0.15, -0.1) is 5.10 Å². The van der Waals surface area contributed by atoms with E-state index in [1.165, 1.54) is 12.0 Å². The van der Waals surface area contributed by atoms with Crippen LogP contribution in [0.1, 0.15) is 36.9 Å². The normalized spacial score (nSPS) is 20.8. The molecule has 9 heteroatoms. The van der Waals surface area contributed by atoms with E-state index in [4.69, 9.17) is 4.74 Å². The number of rotatable bonds is 6. The Balaban J connectivity index is 1.20. The first-order valence-electron chi connectivity index (χ1n) is 12.0. The van der Waals surface area contributed by atoms with E-state index < -0.39 is 0 Å². The number of aromatic amines is 1. The fraction of sp³-hybridized carbons (Fsp3) is 0.440. The first kappa shape index (κ1) is 21.2. The molecule has 3 aromatic heterocycles. The van der Waals surface area contributed by atoms with Crippen LogP contribution in [0.25, 0.3) is 11.0 Å². The molecule has 1 unspecified atom stereocenters. The van der Waals surface area contributed by atoms with E-state index in [0.717, 1.165) is 63.5 Å². The zero-order chi connectivity index (χ0) is 22.9. The van der Waals surface area contributed by atoms with Crippen molar-refractivity contribution >= 4 is 16.7 Å². The summed E-state index contributed by atoms with van der Waals surface area (Å²) in [6.45, 7) is 4.37. The van der Waals surface area contributed by atoms with Gasteiger partial charge in [0.2, 0.25) is 0 Å². The minimum atomic E-state index is -0.0236. The van der Waals surface area contributed by atoms with Gasteiger partial charge in [-0.1, -0.05) is 22.9 Å². The highest BCUT2D eigenvalue weighted by Gasteiger charge is 2.24. The summed E-state index contributed by atoms with van der Waals surface area (Å²) >= 11 is 0. The molecule has 4 heterocycles. The van der Waals surface area contributed by atoms with Gasteiger partial charge in [-0.25, -0.2) is 9.67 Å². The molecule has 0 bridgehead atoms. The summed E-state index contributed by atoms with van der Waals surface area (Å²) in [6.07, 6.45) is 14.3. The molecule has 2 aliphatic carbocycles. The summed E-state index contributed by atoms with van der Waals surface area (Å²) in [4.78, 5) is 23.4. The number of hydrogen-bond donors (Lipinski definition) is 2. The van der Waals surface area contributed by atoms with E-state index in [2.05, 4.69) is 42.6 Å². The van der Waals surface area contributed by atoms with Crippen LogP contribution in [0.3, 0.4) is 0 Å². The maximum atomic E-state index is 13.4. The Morgan fingerprint density at radius 3 is 2.97 bits per heavy atom. The number of nitrogens with zero attached hydrogens (tertiary/aromatic N) is 5. The molecule has 0 amide bonds. The van der Waals surface area contributed by atoms with Gasteiger partial charge in [0, 0.05) is 37.4 Å². The molecule has 1 fully saturated rings. The standard InChI is InChI=1S/C25H29N7O2/c33-24-19(15-32-22(14-28-30-32)16-31-5-7-34-8-6-31)12-26-25-23(24)11-21(13-27-25)29-20-9-17-3-1-2-4-18(17)10-20/h1,3,11-14,20,29H,2,4-10,15-16H2,(H,26,27,33). The predicted octanol–water partition coefficient (Wildman–Crippen LogP) is 2.62. The summed E-state index contributed by atoms with van der Waals surface area (Å²) < 4.78 is 7.24. The van der Waals surface area contributed by atoms with E-state index in [1.54, 1.807) is 18.0 Å². The van der Waals surface area contributed by atoms with Crippen molar-refractivity contribution in [2.75, 3.05) is 31.6 Å². The quantitative estimate of drug-likeness (QED) is 0.584. The minimum Gasteiger partial charge on any atom is -0.380 e. The van der Waals surface area contributed by atoms with Gasteiger partial charge >= 0.3 is 0 Å². The third kappa shape index (κ3) is 4.28. The molecular weight excluding hydrogens is 430 g/mol. The lowest BCUT2D eigenvalue weighted by molar-refractivity contribution is 0.0331. The Morgan fingerprint density at radius 1 is 1.18 bits per heavy atom. The van der Waals surface area contributed by atoms with Gasteiger partial charge in [0.25, 0.3) is 0 Å². The molecule has 1 atom stereocenters. The highest BCUT2D eigenvalue weighted by atomic mass is 16.5. The first-order valence-corrected chi connectivity index (χ1v) is 12.0. The van der Waals surface area contributed by atoms with Crippen molar-refractivity contribution in [1.82, 2.24) is 29.9 Å². The molecule has 0 aromatic carbocycles. The van der Waals surface area contributed by atoms with Crippen LogP contribution in [0.2, 0.25) is 0 Å². The van der Waals surface area contributed by atoms with Gasteiger partial charge < -0.3 is 15.0 Å². The number of fused-ring (bicyclic) bond motifs is 1. The van der Waals surface area contributed by atoms with Crippen LogP contribution in [0.4, 0.5) is 5.69 Å². The van der Waals surface area contributed by atoms with Gasteiger partial charge in [-0.05, 0) is 37.3 Å². The van der Waals surface area contributed by atoms with Crippen LogP contribution in [0, 0.1) is 0 Å². The molecule has 0 spiro atoms. The molecule has 3 aliphatic rings. The third-order valence-electron chi connectivity index (χ3n) is 7.03. The van der Waals surface area contributed by atoms with E-state index >= 15 is 0 Å². The maximum absolute atomic E-state index is 13.4. The average molecular weight is 460 g/mol. The summed E-state index contributed by atoms with van der Waals surface area (Å²) in [5.74, 6) is 0. The van der Waals surface area contributed by atoms with Crippen molar-refractivity contribution in [2.45, 2.75) is 44.8 Å². The molecule has 1 saturated heterocycles. The first-order chi connectivity index (χ1) is 16.7. The zero-order valence-corrected chi connectivity index (χ0v) is 19.2. The highest BCUT2D eigenvalue weighted by Crippen LogP contribution is 2.35. The average Bonchev–Trinajstić information content (AvgIpc) is 3.48. The monoisotopic (exact) mass is 459 g/mol. The van der Waals surface area contributed by atoms with Gasteiger partial charge in [-0.2, -0.15) is 0 Å². The predicted molar refractivity (Wildman–Crippen MR) is 130 cm³/mol. The number of allylic oxidation sites excluding steroid dienone is 2. The molecule has 9 nitrogen and oxygen atoms in total. The number of morpholine rings is 1. The van der Waals surface area contributed by atoms with Crippen molar-refractivity contribution in [3.05, 3.63) is 69.4 Å². The van der Waals surface area contributed by atoms with Crippen molar-refractivity contribution in [3.63, 3.8) is 0 Å². The number of nitrogens with one attached hydrogen (secondary N) is 2. The van der Waals surface area contributed by atoms with Crippen molar-refractivity contribution < 1.29 is 4.74 Å². The lowest BCUT2D eigenvalue weighted by Gasteiger charge is -2.26. The lowest BCUT2D eigenvalue weighted by atomic mass is 10.0. The SMILES string of the molecule is O=c1c(Cn2nncc2CN2CCOCC2)c[nH]c2ncc(NC3CC4=C(CCC=C4)C3)cc12. The van der Waals surface area contributed by atoms with E-state index in [1.807, 2.05) is 16.9 Å². The number of pyridine rings is 2. The Kier molecular flexibility index (Phi) is 5.72. The molecular formula is C25H29N7O2. The molecule has 6 rings (SSSR count). The number of aromatic nitrogens is 5. The molecule has 0 saturated carbocycles. The third-order valence-corrected chi connectivity index (χ3v) is 7.03. The number of H-pyrrole nitrogens is 1. The van der Waals surface area contributed by atoms with E-state index in [9.17, 15) is 4.79 Å². The van der Waals surface area contributed by atoms with Crippen LogP contribution in [-0.2, 0) is 17.8 Å². The van der Waals surface area contributed by atoms with Crippen molar-refractivity contribution in [1.29, 1.82) is 0 Å². The van der Waals surface area contributed by atoms with Crippen LogP contribution in [0.15, 0.2) is 52.7 Å². The summed E-state index contributed by atoms with van der Waals surface area (Å²) in [5.41, 5.74) is 6.12. The van der Waals surface area contributed by atoms with Crippen molar-refractivity contribution in [3.8, 4) is 0 Å². The van der Waals surface area contributed by atoms with Gasteiger partial charge in [-0.3, -0.25) is 9.69 Å². The van der Waals surface area contributed by atoms with Gasteiger partial charge in [0.1, 0.15) is 5.65 Å². The van der Waals surface area contributed by atoms with Crippen LogP contribution in [-0.4, -0.2) is 62.2 Å². The smallest absolute Gasteiger partial charge is 0.196 e. The molecule has 3 aromatic rings. The summed E-state index contributed by atoms with van der Waals surface area (Å²) in [7, 11) is 0. The molecule has 0 radical (unpaired) electrons. The van der Waals surface area contributed by atoms with Gasteiger partial charge in [0.15, 0.2) is 5.43 Å². The fourth-order valence-corrected chi connectivity index (χ4v) is 5.21. The van der Waals surface area contributed by atoms with Crippen LogP contribution < -0.4 is 10.7 Å². The van der Waals surface area contributed by atoms with Gasteiger partial charge in [0.05, 0.1) is 48.9 Å². The fourth-order valence-electron chi connectivity index (χ4n) is 5.21.